The fraction of sp³-hybridized carbons (Fsp3) is 0.571. The van der Waals surface area contributed by atoms with Gasteiger partial charge < -0.3 is 10.1 Å². The Morgan fingerprint density at radius 2 is 1.79 bits per heavy atom. The summed E-state index contributed by atoms with van der Waals surface area (Å²) < 4.78 is 40.3. The summed E-state index contributed by atoms with van der Waals surface area (Å²) in [5, 5.41) is 3.26. The number of anilines is 1. The summed E-state index contributed by atoms with van der Waals surface area (Å²) in [4.78, 5) is 0. The minimum Gasteiger partial charge on any atom is -0.406 e. The lowest BCUT2D eigenvalue weighted by atomic mass is 10.1. The van der Waals surface area contributed by atoms with Gasteiger partial charge in [0.2, 0.25) is 0 Å². The van der Waals surface area contributed by atoms with Crippen LogP contribution < -0.4 is 10.1 Å². The third-order valence-electron chi connectivity index (χ3n) is 2.71. The van der Waals surface area contributed by atoms with Gasteiger partial charge in [0.25, 0.3) is 0 Å². The predicted molar refractivity (Wildman–Crippen MR) is 70.4 cm³/mol. The minimum atomic E-state index is -4.65. The number of ether oxygens (including phenoxy) is 1. The van der Waals surface area contributed by atoms with Crippen molar-refractivity contribution in [1.82, 2.24) is 0 Å². The Kier molecular flexibility index (Phi) is 5.99. The van der Waals surface area contributed by atoms with Gasteiger partial charge >= 0.3 is 6.36 Å². The van der Waals surface area contributed by atoms with E-state index in [1.165, 1.54) is 12.1 Å². The molecule has 1 rings (SSSR count). The van der Waals surface area contributed by atoms with Crippen molar-refractivity contribution in [3.05, 3.63) is 24.3 Å². The maximum absolute atomic E-state index is 12.1. The van der Waals surface area contributed by atoms with Crippen LogP contribution >= 0.6 is 0 Å². The largest absolute Gasteiger partial charge is 0.573 e. The van der Waals surface area contributed by atoms with Crippen molar-refractivity contribution < 1.29 is 17.9 Å². The van der Waals surface area contributed by atoms with E-state index in [-0.39, 0.29) is 11.8 Å². The van der Waals surface area contributed by atoms with Crippen molar-refractivity contribution >= 4 is 5.69 Å². The number of halogens is 3. The summed E-state index contributed by atoms with van der Waals surface area (Å²) in [6.45, 7) is 4.18. The van der Waals surface area contributed by atoms with Crippen LogP contribution in [-0.4, -0.2) is 12.4 Å². The van der Waals surface area contributed by atoms with Gasteiger partial charge in [-0.05, 0) is 25.0 Å². The Hall–Kier alpha value is -1.39. The van der Waals surface area contributed by atoms with E-state index >= 15 is 0 Å². The van der Waals surface area contributed by atoms with Crippen LogP contribution in [0.4, 0.5) is 18.9 Å². The molecule has 1 N–H and O–H groups in total. The summed E-state index contributed by atoms with van der Waals surface area (Å²) in [5.41, 5.74) is 0.661. The fourth-order valence-corrected chi connectivity index (χ4v) is 2.00. The van der Waals surface area contributed by atoms with Gasteiger partial charge in [0.1, 0.15) is 5.75 Å². The normalized spacial score (nSPS) is 11.7. The van der Waals surface area contributed by atoms with Crippen molar-refractivity contribution in [3.8, 4) is 5.75 Å². The van der Waals surface area contributed by atoms with Gasteiger partial charge in [0.15, 0.2) is 0 Å². The number of nitrogens with one attached hydrogen (secondary N) is 1. The smallest absolute Gasteiger partial charge is 0.406 e. The molecule has 0 radical (unpaired) electrons. The van der Waals surface area contributed by atoms with Crippen molar-refractivity contribution in [3.63, 3.8) is 0 Å². The molecule has 108 valence electrons. The second kappa shape index (κ2) is 7.26. The molecule has 0 aliphatic heterocycles. The first-order valence-corrected chi connectivity index (χ1v) is 6.57. The summed E-state index contributed by atoms with van der Waals surface area (Å²) in [5.74, 6) is -0.191. The number of alkyl halides is 3. The Labute approximate surface area is 112 Å². The molecule has 0 atom stereocenters. The van der Waals surface area contributed by atoms with Crippen LogP contribution in [0.1, 0.15) is 39.5 Å². The summed E-state index contributed by atoms with van der Waals surface area (Å²) in [6.07, 6.45) is -0.575. The number of hydrogen-bond donors (Lipinski definition) is 1. The lowest BCUT2D eigenvalue weighted by molar-refractivity contribution is -0.274. The molecule has 0 bridgehead atoms. The Bertz CT molecular complexity index is 373. The molecule has 1 aromatic carbocycles. The number of rotatable bonds is 7. The molecule has 0 aliphatic carbocycles. The van der Waals surface area contributed by atoms with Gasteiger partial charge in [-0.15, -0.1) is 13.2 Å². The third kappa shape index (κ3) is 6.36. The molecule has 0 aromatic heterocycles. The highest BCUT2D eigenvalue weighted by molar-refractivity contribution is 5.48. The highest BCUT2D eigenvalue weighted by atomic mass is 19.4. The quantitative estimate of drug-likeness (QED) is 0.759. The molecule has 0 heterocycles. The SMILES string of the molecule is CCCC(CCC)Nc1cccc(OC(F)(F)F)c1. The molecule has 0 amide bonds. The van der Waals surface area contributed by atoms with Crippen LogP contribution in [0, 0.1) is 0 Å². The first-order chi connectivity index (χ1) is 8.94. The van der Waals surface area contributed by atoms with Crippen molar-refractivity contribution in [2.75, 3.05) is 5.32 Å². The van der Waals surface area contributed by atoms with Crippen LogP contribution in [0.2, 0.25) is 0 Å². The molecule has 0 spiro atoms. The van der Waals surface area contributed by atoms with E-state index in [2.05, 4.69) is 23.9 Å². The van der Waals surface area contributed by atoms with Gasteiger partial charge in [0.05, 0.1) is 0 Å². The van der Waals surface area contributed by atoms with Gasteiger partial charge in [-0.25, -0.2) is 0 Å². The average molecular weight is 275 g/mol. The van der Waals surface area contributed by atoms with Gasteiger partial charge in [-0.2, -0.15) is 0 Å². The van der Waals surface area contributed by atoms with E-state index in [0.29, 0.717) is 5.69 Å². The Morgan fingerprint density at radius 1 is 1.16 bits per heavy atom. The molecule has 5 heteroatoms. The van der Waals surface area contributed by atoms with Gasteiger partial charge in [-0.3, -0.25) is 0 Å². The Morgan fingerprint density at radius 3 is 2.32 bits per heavy atom. The molecule has 2 nitrogen and oxygen atoms in total. The second-order valence-electron chi connectivity index (χ2n) is 4.49. The highest BCUT2D eigenvalue weighted by Crippen LogP contribution is 2.26. The van der Waals surface area contributed by atoms with Crippen LogP contribution in [0.25, 0.3) is 0 Å². The first kappa shape index (κ1) is 15.7. The van der Waals surface area contributed by atoms with Gasteiger partial charge in [0, 0.05) is 17.8 Å². The molecule has 19 heavy (non-hydrogen) atoms. The molecular formula is C14H20F3NO. The van der Waals surface area contributed by atoms with Crippen molar-refractivity contribution in [2.45, 2.75) is 51.9 Å². The molecule has 0 aliphatic rings. The van der Waals surface area contributed by atoms with E-state index in [4.69, 9.17) is 0 Å². The van der Waals surface area contributed by atoms with E-state index < -0.39 is 6.36 Å². The molecule has 0 saturated carbocycles. The highest BCUT2D eigenvalue weighted by Gasteiger charge is 2.31. The van der Waals surface area contributed by atoms with Crippen molar-refractivity contribution in [2.24, 2.45) is 0 Å². The zero-order chi connectivity index (χ0) is 14.3. The maximum atomic E-state index is 12.1. The predicted octanol–water partition coefficient (Wildman–Crippen LogP) is 4.97. The summed E-state index contributed by atoms with van der Waals surface area (Å²) >= 11 is 0. The molecule has 0 saturated heterocycles. The topological polar surface area (TPSA) is 21.3 Å². The van der Waals surface area contributed by atoms with E-state index in [1.807, 2.05) is 0 Å². The summed E-state index contributed by atoms with van der Waals surface area (Å²) in [7, 11) is 0. The van der Waals surface area contributed by atoms with E-state index in [9.17, 15) is 13.2 Å². The van der Waals surface area contributed by atoms with Gasteiger partial charge in [-0.1, -0.05) is 32.8 Å². The lowest BCUT2D eigenvalue weighted by Crippen LogP contribution is -2.19. The van der Waals surface area contributed by atoms with E-state index in [0.717, 1.165) is 25.7 Å². The first-order valence-electron chi connectivity index (χ1n) is 6.57. The van der Waals surface area contributed by atoms with E-state index in [1.54, 1.807) is 12.1 Å². The monoisotopic (exact) mass is 275 g/mol. The zero-order valence-corrected chi connectivity index (χ0v) is 11.3. The molecule has 0 unspecified atom stereocenters. The third-order valence-corrected chi connectivity index (χ3v) is 2.71. The van der Waals surface area contributed by atoms with Crippen LogP contribution in [0.15, 0.2) is 24.3 Å². The number of hydrogen-bond acceptors (Lipinski definition) is 2. The second-order valence-corrected chi connectivity index (χ2v) is 4.49. The molecule has 0 fully saturated rings. The zero-order valence-electron chi connectivity index (χ0n) is 11.3. The summed E-state index contributed by atoms with van der Waals surface area (Å²) in [6, 6.07) is 6.27. The number of benzene rings is 1. The molecular weight excluding hydrogens is 255 g/mol. The lowest BCUT2D eigenvalue weighted by Gasteiger charge is -2.19. The fourth-order valence-electron chi connectivity index (χ4n) is 2.00. The average Bonchev–Trinajstić information content (AvgIpc) is 2.27. The van der Waals surface area contributed by atoms with Crippen LogP contribution in [-0.2, 0) is 0 Å². The maximum Gasteiger partial charge on any atom is 0.573 e. The van der Waals surface area contributed by atoms with Crippen LogP contribution in [0.5, 0.6) is 5.75 Å². The standard InChI is InChI=1S/C14H20F3NO/c1-3-6-11(7-4-2)18-12-8-5-9-13(10-12)19-14(15,16)17/h5,8-11,18H,3-4,6-7H2,1-2H3. The molecule has 1 aromatic rings. The van der Waals surface area contributed by atoms with Crippen molar-refractivity contribution in [1.29, 1.82) is 0 Å². The van der Waals surface area contributed by atoms with Crippen LogP contribution in [0.3, 0.4) is 0 Å². The minimum absolute atomic E-state index is 0.191. The Balaban J connectivity index is 2.69.